The number of rotatable bonds is 1. The minimum absolute atomic E-state index is 0.239. The molecule has 0 amide bonds. The predicted molar refractivity (Wildman–Crippen MR) is 32.8 cm³/mol. The lowest BCUT2D eigenvalue weighted by Crippen LogP contribution is -1.54. The Morgan fingerprint density at radius 3 is 2.75 bits per heavy atom. The number of terminal acetylenes is 1. The maximum atomic E-state index is 11.8. The molecule has 0 unspecified atom stereocenters. The van der Waals surface area contributed by atoms with Crippen LogP contribution < -0.4 is 0 Å². The SMILES string of the molecule is C#C/C=C\C=C(/C)F. The van der Waals surface area contributed by atoms with Gasteiger partial charge in [-0.15, -0.1) is 6.42 Å². The summed E-state index contributed by atoms with van der Waals surface area (Å²) in [6.07, 6.45) is 9.05. The average molecular weight is 110 g/mol. The van der Waals surface area contributed by atoms with Crippen LogP contribution in [0.5, 0.6) is 0 Å². The fourth-order valence-corrected chi connectivity index (χ4v) is 0.236. The molecule has 0 aromatic rings. The molecule has 1 heteroatoms. The molecule has 0 bridgehead atoms. The van der Waals surface area contributed by atoms with Crippen molar-refractivity contribution in [2.75, 3.05) is 0 Å². The molecule has 0 radical (unpaired) electrons. The molecular formula is C7H7F. The van der Waals surface area contributed by atoms with Crippen molar-refractivity contribution < 1.29 is 4.39 Å². The first-order valence-corrected chi connectivity index (χ1v) is 2.22. The summed E-state index contributed by atoms with van der Waals surface area (Å²) < 4.78 is 11.8. The number of hydrogen-bond acceptors (Lipinski definition) is 0. The zero-order valence-electron chi connectivity index (χ0n) is 4.69. The summed E-state index contributed by atoms with van der Waals surface area (Å²) in [6.45, 7) is 1.36. The zero-order valence-corrected chi connectivity index (χ0v) is 4.69. The van der Waals surface area contributed by atoms with Crippen LogP contribution in [0.25, 0.3) is 0 Å². The van der Waals surface area contributed by atoms with Gasteiger partial charge in [0.15, 0.2) is 0 Å². The van der Waals surface area contributed by atoms with Crippen molar-refractivity contribution in [3.05, 3.63) is 24.1 Å². The van der Waals surface area contributed by atoms with Crippen LogP contribution in [0.1, 0.15) is 6.92 Å². The second kappa shape index (κ2) is 4.14. The van der Waals surface area contributed by atoms with Crippen molar-refractivity contribution >= 4 is 0 Å². The van der Waals surface area contributed by atoms with E-state index in [9.17, 15) is 4.39 Å². The van der Waals surface area contributed by atoms with Crippen molar-refractivity contribution in [2.24, 2.45) is 0 Å². The van der Waals surface area contributed by atoms with Gasteiger partial charge in [-0.05, 0) is 19.1 Å². The largest absolute Gasteiger partial charge is 0.212 e. The minimum atomic E-state index is -0.239. The Morgan fingerprint density at radius 1 is 1.75 bits per heavy atom. The van der Waals surface area contributed by atoms with Crippen LogP contribution in [0.4, 0.5) is 4.39 Å². The van der Waals surface area contributed by atoms with E-state index in [1.54, 1.807) is 0 Å². The van der Waals surface area contributed by atoms with Crippen LogP contribution in [0, 0.1) is 12.3 Å². The van der Waals surface area contributed by atoms with Gasteiger partial charge in [0.25, 0.3) is 0 Å². The first-order chi connectivity index (χ1) is 3.77. The van der Waals surface area contributed by atoms with E-state index < -0.39 is 0 Å². The van der Waals surface area contributed by atoms with E-state index in [1.165, 1.54) is 25.2 Å². The summed E-state index contributed by atoms with van der Waals surface area (Å²) in [6, 6.07) is 0. The summed E-state index contributed by atoms with van der Waals surface area (Å²) in [4.78, 5) is 0. The topological polar surface area (TPSA) is 0 Å². The van der Waals surface area contributed by atoms with Gasteiger partial charge in [-0.25, -0.2) is 4.39 Å². The third-order valence-electron chi connectivity index (χ3n) is 0.518. The van der Waals surface area contributed by atoms with Gasteiger partial charge in [-0.2, -0.15) is 0 Å². The third-order valence-corrected chi connectivity index (χ3v) is 0.518. The second-order valence-electron chi connectivity index (χ2n) is 1.28. The molecule has 0 atom stereocenters. The van der Waals surface area contributed by atoms with Crippen molar-refractivity contribution in [3.63, 3.8) is 0 Å². The maximum Gasteiger partial charge on any atom is 0.0968 e. The fraction of sp³-hybridized carbons (Fsp3) is 0.143. The van der Waals surface area contributed by atoms with E-state index >= 15 is 0 Å². The van der Waals surface area contributed by atoms with E-state index in [2.05, 4.69) is 5.92 Å². The van der Waals surface area contributed by atoms with Gasteiger partial charge in [0.1, 0.15) is 0 Å². The molecule has 0 rings (SSSR count). The quantitative estimate of drug-likeness (QED) is 0.358. The Morgan fingerprint density at radius 2 is 2.38 bits per heavy atom. The first-order valence-electron chi connectivity index (χ1n) is 2.22. The standard InChI is InChI=1S/C7H7F/c1-3-4-5-6-7(2)8/h1,4-6H,2H3/b5-4-,7-6+. The van der Waals surface area contributed by atoms with Crippen LogP contribution >= 0.6 is 0 Å². The van der Waals surface area contributed by atoms with Gasteiger partial charge >= 0.3 is 0 Å². The molecule has 0 aliphatic rings. The van der Waals surface area contributed by atoms with E-state index in [0.717, 1.165) is 0 Å². The van der Waals surface area contributed by atoms with Gasteiger partial charge in [0.2, 0.25) is 0 Å². The summed E-state index contributed by atoms with van der Waals surface area (Å²) in [5.74, 6) is 1.99. The van der Waals surface area contributed by atoms with Crippen LogP contribution in [0.2, 0.25) is 0 Å². The number of halogens is 1. The van der Waals surface area contributed by atoms with Gasteiger partial charge in [0.05, 0.1) is 5.83 Å². The third kappa shape index (κ3) is 4.97. The Labute approximate surface area is 48.7 Å². The lowest BCUT2D eigenvalue weighted by atomic mass is 10.4. The Hall–Kier alpha value is -1.03. The Balaban J connectivity index is 3.63. The van der Waals surface area contributed by atoms with Crippen LogP contribution in [0.15, 0.2) is 24.1 Å². The highest BCUT2D eigenvalue weighted by Gasteiger charge is 1.71. The Bertz CT molecular complexity index is 142. The number of hydrogen-bond donors (Lipinski definition) is 0. The van der Waals surface area contributed by atoms with E-state index in [-0.39, 0.29) is 5.83 Å². The van der Waals surface area contributed by atoms with Crippen molar-refractivity contribution in [2.45, 2.75) is 6.92 Å². The van der Waals surface area contributed by atoms with Crippen LogP contribution in [-0.4, -0.2) is 0 Å². The van der Waals surface area contributed by atoms with Crippen LogP contribution in [-0.2, 0) is 0 Å². The molecule has 0 saturated carbocycles. The minimum Gasteiger partial charge on any atom is -0.212 e. The van der Waals surface area contributed by atoms with E-state index in [0.29, 0.717) is 0 Å². The van der Waals surface area contributed by atoms with Crippen molar-refractivity contribution in [1.29, 1.82) is 0 Å². The molecule has 0 aromatic carbocycles. The maximum absolute atomic E-state index is 11.8. The molecule has 0 aliphatic heterocycles. The summed E-state index contributed by atoms with van der Waals surface area (Å²) in [5, 5.41) is 0. The highest BCUT2D eigenvalue weighted by molar-refractivity contribution is 5.16. The lowest BCUT2D eigenvalue weighted by molar-refractivity contribution is 0.640. The fourth-order valence-electron chi connectivity index (χ4n) is 0.236. The highest BCUT2D eigenvalue weighted by atomic mass is 19.1. The first kappa shape index (κ1) is 6.97. The molecule has 42 valence electrons. The highest BCUT2D eigenvalue weighted by Crippen LogP contribution is 1.91. The van der Waals surface area contributed by atoms with Gasteiger partial charge < -0.3 is 0 Å². The number of allylic oxidation sites excluding steroid dienone is 4. The van der Waals surface area contributed by atoms with Crippen LogP contribution in [0.3, 0.4) is 0 Å². The van der Waals surface area contributed by atoms with Gasteiger partial charge in [0, 0.05) is 0 Å². The molecule has 0 spiro atoms. The molecule has 8 heavy (non-hydrogen) atoms. The monoisotopic (exact) mass is 110 g/mol. The average Bonchev–Trinajstić information content (AvgIpc) is 1.66. The van der Waals surface area contributed by atoms with Crippen molar-refractivity contribution in [3.8, 4) is 12.3 Å². The molecule has 0 fully saturated rings. The summed E-state index contributed by atoms with van der Waals surface area (Å²) in [5.41, 5.74) is 0. The van der Waals surface area contributed by atoms with E-state index in [4.69, 9.17) is 6.42 Å². The van der Waals surface area contributed by atoms with E-state index in [1.807, 2.05) is 0 Å². The smallest absolute Gasteiger partial charge is 0.0968 e. The summed E-state index contributed by atoms with van der Waals surface area (Å²) >= 11 is 0. The summed E-state index contributed by atoms with van der Waals surface area (Å²) in [7, 11) is 0. The normalized spacial score (nSPS) is 11.9. The Kier molecular flexibility index (Phi) is 3.60. The molecule has 0 nitrogen and oxygen atoms in total. The molecule has 0 heterocycles. The molecule has 0 aromatic heterocycles. The molecule has 0 saturated heterocycles. The van der Waals surface area contributed by atoms with Gasteiger partial charge in [-0.3, -0.25) is 0 Å². The zero-order chi connectivity index (χ0) is 6.41. The predicted octanol–water partition coefficient (Wildman–Crippen LogP) is 2.05. The second-order valence-corrected chi connectivity index (χ2v) is 1.28. The molecular weight excluding hydrogens is 103 g/mol. The molecule has 0 aliphatic carbocycles. The lowest BCUT2D eigenvalue weighted by Gasteiger charge is -1.73. The molecule has 0 N–H and O–H groups in total. The van der Waals surface area contributed by atoms with Gasteiger partial charge in [-0.1, -0.05) is 12.0 Å². The van der Waals surface area contributed by atoms with Crippen molar-refractivity contribution in [1.82, 2.24) is 0 Å².